The SMILES string of the molecule is O=S(=O)(NCC1CCCS1)c1cnc[nH]1. The van der Waals surface area contributed by atoms with Gasteiger partial charge in [-0.1, -0.05) is 0 Å². The topological polar surface area (TPSA) is 74.8 Å². The maximum absolute atomic E-state index is 11.7. The van der Waals surface area contributed by atoms with E-state index in [0.717, 1.165) is 12.2 Å². The van der Waals surface area contributed by atoms with Crippen LogP contribution in [0.1, 0.15) is 12.8 Å². The van der Waals surface area contributed by atoms with Crippen LogP contribution in [0, 0.1) is 0 Å². The number of H-pyrrole nitrogens is 1. The Morgan fingerprint density at radius 1 is 1.67 bits per heavy atom. The lowest BCUT2D eigenvalue weighted by atomic mass is 10.2. The summed E-state index contributed by atoms with van der Waals surface area (Å²) >= 11 is 1.83. The molecule has 2 N–H and O–H groups in total. The van der Waals surface area contributed by atoms with E-state index in [1.54, 1.807) is 0 Å². The smallest absolute Gasteiger partial charge is 0.257 e. The molecule has 0 spiro atoms. The van der Waals surface area contributed by atoms with Crippen LogP contribution < -0.4 is 4.72 Å². The van der Waals surface area contributed by atoms with Crippen molar-refractivity contribution in [2.75, 3.05) is 12.3 Å². The maximum Gasteiger partial charge on any atom is 0.257 e. The summed E-state index contributed by atoms with van der Waals surface area (Å²) in [5.41, 5.74) is 0. The molecule has 7 heteroatoms. The summed E-state index contributed by atoms with van der Waals surface area (Å²) in [6.07, 6.45) is 4.94. The van der Waals surface area contributed by atoms with Gasteiger partial charge >= 0.3 is 0 Å². The number of aromatic nitrogens is 2. The molecule has 84 valence electrons. The van der Waals surface area contributed by atoms with Crippen LogP contribution in [0.25, 0.3) is 0 Å². The molecule has 1 fully saturated rings. The van der Waals surface area contributed by atoms with Crippen LogP contribution in [-0.2, 0) is 10.0 Å². The number of aromatic amines is 1. The summed E-state index contributed by atoms with van der Waals surface area (Å²) in [4.78, 5) is 6.27. The minimum Gasteiger partial charge on any atom is -0.335 e. The number of sulfonamides is 1. The molecule has 0 aliphatic carbocycles. The summed E-state index contributed by atoms with van der Waals surface area (Å²) in [7, 11) is -3.39. The van der Waals surface area contributed by atoms with Crippen molar-refractivity contribution in [1.29, 1.82) is 0 Å². The third-order valence-electron chi connectivity index (χ3n) is 2.29. The Bertz CT molecular complexity index is 396. The van der Waals surface area contributed by atoms with E-state index in [0.29, 0.717) is 11.8 Å². The quantitative estimate of drug-likeness (QED) is 0.816. The minimum atomic E-state index is -3.39. The van der Waals surface area contributed by atoms with E-state index < -0.39 is 10.0 Å². The molecule has 1 aliphatic heterocycles. The Kier molecular flexibility index (Phi) is 3.32. The van der Waals surface area contributed by atoms with Crippen LogP contribution in [0.2, 0.25) is 0 Å². The predicted octanol–water partition coefficient (Wildman–Crippen LogP) is 0.584. The molecule has 0 radical (unpaired) electrons. The van der Waals surface area contributed by atoms with Crippen LogP contribution >= 0.6 is 11.8 Å². The van der Waals surface area contributed by atoms with Gasteiger partial charge in [-0.15, -0.1) is 0 Å². The summed E-state index contributed by atoms with van der Waals surface area (Å²) in [5.74, 6) is 1.14. The van der Waals surface area contributed by atoms with Crippen molar-refractivity contribution < 1.29 is 8.42 Å². The van der Waals surface area contributed by atoms with E-state index in [4.69, 9.17) is 0 Å². The van der Waals surface area contributed by atoms with Crippen molar-refractivity contribution in [2.24, 2.45) is 0 Å². The van der Waals surface area contributed by atoms with Crippen LogP contribution in [0.15, 0.2) is 17.6 Å². The van der Waals surface area contributed by atoms with Gasteiger partial charge in [-0.25, -0.2) is 18.1 Å². The predicted molar refractivity (Wildman–Crippen MR) is 59.3 cm³/mol. The van der Waals surface area contributed by atoms with Gasteiger partial charge in [-0.3, -0.25) is 0 Å². The van der Waals surface area contributed by atoms with Gasteiger partial charge in [0.05, 0.1) is 12.5 Å². The van der Waals surface area contributed by atoms with E-state index in [1.807, 2.05) is 11.8 Å². The Balaban J connectivity index is 1.93. The van der Waals surface area contributed by atoms with Crippen molar-refractivity contribution >= 4 is 21.8 Å². The molecule has 0 bridgehead atoms. The van der Waals surface area contributed by atoms with Crippen LogP contribution in [0.4, 0.5) is 0 Å². The van der Waals surface area contributed by atoms with Gasteiger partial charge in [-0.2, -0.15) is 11.8 Å². The van der Waals surface area contributed by atoms with Gasteiger partial charge in [0.2, 0.25) is 0 Å². The summed E-state index contributed by atoms with van der Waals surface area (Å²) < 4.78 is 25.9. The molecule has 0 amide bonds. The molecule has 1 atom stereocenters. The summed E-state index contributed by atoms with van der Waals surface area (Å²) in [5, 5.41) is 0.549. The second-order valence-electron chi connectivity index (χ2n) is 3.40. The molecule has 0 aromatic carbocycles. The second-order valence-corrected chi connectivity index (χ2v) is 6.55. The molecule has 1 aliphatic rings. The fourth-order valence-corrected chi connectivity index (χ4v) is 3.77. The zero-order valence-electron chi connectivity index (χ0n) is 8.14. The molecule has 5 nitrogen and oxygen atoms in total. The molecular formula is C8H13N3O2S2. The lowest BCUT2D eigenvalue weighted by Crippen LogP contribution is -2.30. The van der Waals surface area contributed by atoms with E-state index >= 15 is 0 Å². The number of hydrogen-bond donors (Lipinski definition) is 2. The van der Waals surface area contributed by atoms with Crippen LogP contribution in [0.3, 0.4) is 0 Å². The zero-order chi connectivity index (χ0) is 10.7. The van der Waals surface area contributed by atoms with Gasteiger partial charge < -0.3 is 4.98 Å². The highest BCUT2D eigenvalue weighted by Gasteiger charge is 2.20. The minimum absolute atomic E-state index is 0.130. The fraction of sp³-hybridized carbons (Fsp3) is 0.625. The van der Waals surface area contributed by atoms with Crippen LogP contribution in [0.5, 0.6) is 0 Å². The first-order valence-corrected chi connectivity index (χ1v) is 7.31. The molecule has 0 saturated carbocycles. The molecule has 1 aromatic heterocycles. The van der Waals surface area contributed by atoms with Gasteiger partial charge in [-0.05, 0) is 18.6 Å². The van der Waals surface area contributed by atoms with Crippen molar-refractivity contribution in [1.82, 2.24) is 14.7 Å². The highest BCUT2D eigenvalue weighted by molar-refractivity contribution is 8.00. The summed E-state index contributed by atoms with van der Waals surface area (Å²) in [6.45, 7) is 0.506. The normalized spacial score (nSPS) is 22.0. The van der Waals surface area contributed by atoms with Crippen molar-refractivity contribution in [3.05, 3.63) is 12.5 Å². The standard InChI is InChI=1S/C8H13N3O2S2/c12-15(13,8-5-9-6-10-8)11-4-7-2-1-3-14-7/h5-7,11H,1-4H2,(H,9,10). The van der Waals surface area contributed by atoms with Crippen molar-refractivity contribution in [2.45, 2.75) is 23.1 Å². The Hall–Kier alpha value is -0.530. The Labute approximate surface area is 93.1 Å². The fourth-order valence-electron chi connectivity index (χ4n) is 1.48. The molecular weight excluding hydrogens is 234 g/mol. The number of thioether (sulfide) groups is 1. The monoisotopic (exact) mass is 247 g/mol. The first-order valence-electron chi connectivity index (χ1n) is 4.78. The summed E-state index contributed by atoms with van der Waals surface area (Å²) in [6, 6.07) is 0. The van der Waals surface area contributed by atoms with Gasteiger partial charge in [0, 0.05) is 11.8 Å². The molecule has 1 aromatic rings. The first-order chi connectivity index (χ1) is 7.18. The van der Waals surface area contributed by atoms with E-state index in [9.17, 15) is 8.42 Å². The molecule has 1 saturated heterocycles. The molecule has 1 unspecified atom stereocenters. The number of nitrogens with one attached hydrogen (secondary N) is 2. The van der Waals surface area contributed by atoms with E-state index in [1.165, 1.54) is 18.9 Å². The van der Waals surface area contributed by atoms with Crippen molar-refractivity contribution in [3.63, 3.8) is 0 Å². The van der Waals surface area contributed by atoms with E-state index in [-0.39, 0.29) is 5.03 Å². The van der Waals surface area contributed by atoms with Crippen LogP contribution in [-0.4, -0.2) is 35.9 Å². The second kappa shape index (κ2) is 4.54. The third-order valence-corrected chi connectivity index (χ3v) is 5.03. The largest absolute Gasteiger partial charge is 0.335 e. The lowest BCUT2D eigenvalue weighted by Gasteiger charge is -2.09. The molecule has 15 heavy (non-hydrogen) atoms. The van der Waals surface area contributed by atoms with Crippen molar-refractivity contribution in [3.8, 4) is 0 Å². The average Bonchev–Trinajstić information content (AvgIpc) is 2.88. The maximum atomic E-state index is 11.7. The number of imidazole rings is 1. The first kappa shape index (κ1) is 11.0. The number of rotatable bonds is 4. The zero-order valence-corrected chi connectivity index (χ0v) is 9.77. The van der Waals surface area contributed by atoms with Gasteiger partial charge in [0.15, 0.2) is 5.03 Å². The Morgan fingerprint density at radius 2 is 2.53 bits per heavy atom. The Morgan fingerprint density at radius 3 is 3.13 bits per heavy atom. The number of hydrogen-bond acceptors (Lipinski definition) is 4. The lowest BCUT2D eigenvalue weighted by molar-refractivity contribution is 0.576. The van der Waals surface area contributed by atoms with Gasteiger partial charge in [0.25, 0.3) is 10.0 Å². The molecule has 2 rings (SSSR count). The van der Waals surface area contributed by atoms with Gasteiger partial charge in [0.1, 0.15) is 0 Å². The van der Waals surface area contributed by atoms with E-state index in [2.05, 4.69) is 14.7 Å². The molecule has 2 heterocycles. The average molecular weight is 247 g/mol. The third kappa shape index (κ3) is 2.73. The highest BCUT2D eigenvalue weighted by Crippen LogP contribution is 2.25. The number of nitrogens with zero attached hydrogens (tertiary/aromatic N) is 1. The highest BCUT2D eigenvalue weighted by atomic mass is 32.2.